The normalized spacial score (nSPS) is 51.0. The molecule has 0 aromatic carbocycles. The lowest BCUT2D eigenvalue weighted by molar-refractivity contribution is -0.0699. The molecule has 1 aliphatic heterocycles. The van der Waals surface area contributed by atoms with Gasteiger partial charge in [0.05, 0.1) is 0 Å². The van der Waals surface area contributed by atoms with E-state index in [9.17, 15) is 0 Å². The van der Waals surface area contributed by atoms with Gasteiger partial charge in [-0.3, -0.25) is 4.90 Å². The lowest BCUT2D eigenvalue weighted by atomic mass is 9.54. The Balaban J connectivity index is 1.50. The largest absolute Gasteiger partial charge is 0.316 e. The Morgan fingerprint density at radius 3 is 2.32 bits per heavy atom. The van der Waals surface area contributed by atoms with Crippen molar-refractivity contribution in [2.45, 2.75) is 51.5 Å². The van der Waals surface area contributed by atoms with E-state index >= 15 is 0 Å². The maximum absolute atomic E-state index is 3.60. The zero-order valence-corrected chi connectivity index (χ0v) is 12.5. The van der Waals surface area contributed by atoms with Crippen LogP contribution in [0.25, 0.3) is 0 Å². The number of hydrogen-bond acceptors (Lipinski definition) is 2. The smallest absolute Gasteiger partial charge is 0.0152 e. The summed E-state index contributed by atoms with van der Waals surface area (Å²) in [6, 6.07) is 0.966. The van der Waals surface area contributed by atoms with Crippen LogP contribution in [0.3, 0.4) is 0 Å². The van der Waals surface area contributed by atoms with Gasteiger partial charge in [0.1, 0.15) is 0 Å². The second kappa shape index (κ2) is 5.04. The summed E-state index contributed by atoms with van der Waals surface area (Å²) < 4.78 is 0. The quantitative estimate of drug-likeness (QED) is 0.782. The molecule has 108 valence electrons. The molecule has 0 aromatic rings. The van der Waals surface area contributed by atoms with Crippen LogP contribution in [0.2, 0.25) is 0 Å². The first-order valence-corrected chi connectivity index (χ1v) is 8.74. The van der Waals surface area contributed by atoms with Gasteiger partial charge >= 0.3 is 0 Å². The molecule has 1 saturated heterocycles. The molecule has 0 spiro atoms. The Hall–Kier alpha value is -0.0800. The van der Waals surface area contributed by atoms with Crippen LogP contribution in [0.1, 0.15) is 45.4 Å². The van der Waals surface area contributed by atoms with Gasteiger partial charge in [0.2, 0.25) is 0 Å². The Kier molecular flexibility index (Phi) is 3.35. The van der Waals surface area contributed by atoms with E-state index in [2.05, 4.69) is 17.1 Å². The number of rotatable bonds is 1. The van der Waals surface area contributed by atoms with Crippen LogP contribution in [0, 0.1) is 29.6 Å². The third kappa shape index (κ3) is 2.35. The number of nitrogens with one attached hydrogen (secondary N) is 1. The van der Waals surface area contributed by atoms with Crippen LogP contribution in [-0.4, -0.2) is 37.1 Å². The van der Waals surface area contributed by atoms with Gasteiger partial charge in [0, 0.05) is 12.6 Å². The predicted molar refractivity (Wildman–Crippen MR) is 79.1 cm³/mol. The minimum atomic E-state index is 0.831. The van der Waals surface area contributed by atoms with E-state index in [4.69, 9.17) is 0 Å². The van der Waals surface area contributed by atoms with Gasteiger partial charge in [-0.25, -0.2) is 0 Å². The topological polar surface area (TPSA) is 15.3 Å². The molecule has 0 amide bonds. The second-order valence-corrected chi connectivity index (χ2v) is 8.08. The summed E-state index contributed by atoms with van der Waals surface area (Å²) in [5.41, 5.74) is 0. The highest BCUT2D eigenvalue weighted by Crippen LogP contribution is 2.55. The summed E-state index contributed by atoms with van der Waals surface area (Å²) in [4.78, 5) is 2.93. The van der Waals surface area contributed by atoms with E-state index in [1.54, 1.807) is 32.1 Å². The summed E-state index contributed by atoms with van der Waals surface area (Å²) in [6.07, 6.45) is 9.22. The summed E-state index contributed by atoms with van der Waals surface area (Å²) in [7, 11) is 0. The molecule has 1 N–H and O–H groups in total. The van der Waals surface area contributed by atoms with Crippen molar-refractivity contribution in [2.75, 3.05) is 26.2 Å². The lowest BCUT2D eigenvalue weighted by Gasteiger charge is -2.57. The Labute approximate surface area is 118 Å². The van der Waals surface area contributed by atoms with Crippen molar-refractivity contribution >= 4 is 0 Å². The molecular formula is C17H30N2. The number of nitrogens with zero attached hydrogens (tertiary/aromatic N) is 1. The van der Waals surface area contributed by atoms with Crippen molar-refractivity contribution in [1.29, 1.82) is 0 Å². The predicted octanol–water partition coefficient (Wildman–Crippen LogP) is 2.74. The summed E-state index contributed by atoms with van der Waals surface area (Å²) >= 11 is 0. The van der Waals surface area contributed by atoms with E-state index in [1.165, 1.54) is 32.6 Å². The minimum absolute atomic E-state index is 0.831. The zero-order valence-electron chi connectivity index (χ0n) is 12.5. The van der Waals surface area contributed by atoms with Gasteiger partial charge in [-0.05, 0) is 87.7 Å². The maximum atomic E-state index is 3.60. The Morgan fingerprint density at radius 2 is 1.63 bits per heavy atom. The van der Waals surface area contributed by atoms with Crippen molar-refractivity contribution in [3.05, 3.63) is 0 Å². The van der Waals surface area contributed by atoms with Crippen molar-refractivity contribution < 1.29 is 0 Å². The average Bonchev–Trinajstić information content (AvgIpc) is 2.33. The van der Waals surface area contributed by atoms with E-state index in [0.717, 1.165) is 35.6 Å². The van der Waals surface area contributed by atoms with Crippen molar-refractivity contribution in [3.63, 3.8) is 0 Å². The van der Waals surface area contributed by atoms with Crippen LogP contribution < -0.4 is 5.32 Å². The van der Waals surface area contributed by atoms with Crippen LogP contribution >= 0.6 is 0 Å². The fourth-order valence-corrected chi connectivity index (χ4v) is 6.08. The molecule has 19 heavy (non-hydrogen) atoms. The Bertz CT molecular complexity index is 299. The van der Waals surface area contributed by atoms with Crippen molar-refractivity contribution in [1.82, 2.24) is 10.2 Å². The third-order valence-electron chi connectivity index (χ3n) is 6.44. The SMILES string of the molecule is CC1CNCCCN(C2C3CC4CC(C3)CC2C4)C1. The summed E-state index contributed by atoms with van der Waals surface area (Å²) in [5.74, 6) is 5.20. The van der Waals surface area contributed by atoms with Gasteiger partial charge in [0.25, 0.3) is 0 Å². The van der Waals surface area contributed by atoms with E-state index in [0.29, 0.717) is 0 Å². The van der Waals surface area contributed by atoms with Gasteiger partial charge in [0.15, 0.2) is 0 Å². The van der Waals surface area contributed by atoms with Crippen molar-refractivity contribution in [2.24, 2.45) is 29.6 Å². The molecule has 4 saturated carbocycles. The van der Waals surface area contributed by atoms with Gasteiger partial charge in [-0.2, -0.15) is 0 Å². The fraction of sp³-hybridized carbons (Fsp3) is 1.00. The molecule has 5 fully saturated rings. The first-order valence-electron chi connectivity index (χ1n) is 8.74. The first kappa shape index (κ1) is 12.6. The van der Waals surface area contributed by atoms with Gasteiger partial charge in [-0.1, -0.05) is 6.92 Å². The molecule has 0 radical (unpaired) electrons. The van der Waals surface area contributed by atoms with Crippen molar-refractivity contribution in [3.8, 4) is 0 Å². The molecule has 4 bridgehead atoms. The van der Waals surface area contributed by atoms with Gasteiger partial charge in [-0.15, -0.1) is 0 Å². The maximum Gasteiger partial charge on any atom is 0.0152 e. The lowest BCUT2D eigenvalue weighted by Crippen LogP contribution is -2.57. The molecule has 1 atom stereocenters. The van der Waals surface area contributed by atoms with Crippen LogP contribution in [0.5, 0.6) is 0 Å². The van der Waals surface area contributed by atoms with Crippen LogP contribution in [-0.2, 0) is 0 Å². The highest BCUT2D eigenvalue weighted by molar-refractivity contribution is 5.02. The highest BCUT2D eigenvalue weighted by atomic mass is 15.2. The Morgan fingerprint density at radius 1 is 0.947 bits per heavy atom. The molecular weight excluding hydrogens is 232 g/mol. The average molecular weight is 262 g/mol. The van der Waals surface area contributed by atoms with E-state index < -0.39 is 0 Å². The first-order chi connectivity index (χ1) is 9.29. The summed E-state index contributed by atoms with van der Waals surface area (Å²) in [6.45, 7) is 7.59. The molecule has 1 heterocycles. The molecule has 1 unspecified atom stereocenters. The molecule has 2 nitrogen and oxygen atoms in total. The van der Waals surface area contributed by atoms with E-state index in [1.807, 2.05) is 0 Å². The van der Waals surface area contributed by atoms with Crippen LogP contribution in [0.15, 0.2) is 0 Å². The molecule has 0 aromatic heterocycles. The fourth-order valence-electron chi connectivity index (χ4n) is 6.08. The monoisotopic (exact) mass is 262 g/mol. The number of hydrogen-bond donors (Lipinski definition) is 1. The summed E-state index contributed by atoms with van der Waals surface area (Å²) in [5, 5.41) is 3.60. The molecule has 5 rings (SSSR count). The van der Waals surface area contributed by atoms with Gasteiger partial charge < -0.3 is 5.32 Å². The van der Waals surface area contributed by atoms with E-state index in [-0.39, 0.29) is 0 Å². The third-order valence-corrected chi connectivity index (χ3v) is 6.44. The molecule has 4 aliphatic carbocycles. The highest BCUT2D eigenvalue weighted by Gasteiger charge is 2.49. The van der Waals surface area contributed by atoms with Crippen LogP contribution in [0.4, 0.5) is 0 Å². The molecule has 5 aliphatic rings. The minimum Gasteiger partial charge on any atom is -0.316 e. The standard InChI is InChI=1S/C17H30N2/c1-12-10-18-3-2-4-19(11-12)17-15-6-13-5-14(8-15)9-16(17)7-13/h12-18H,2-11H2,1H3. The second-order valence-electron chi connectivity index (χ2n) is 8.08. The molecule has 2 heteroatoms. The zero-order chi connectivity index (χ0) is 12.8.